The molecule has 1 fully saturated rings. The van der Waals surface area contributed by atoms with E-state index in [9.17, 15) is 19.8 Å². The van der Waals surface area contributed by atoms with Gasteiger partial charge in [-0.2, -0.15) is 0 Å². The minimum absolute atomic E-state index is 0.257. The molecule has 3 rings (SSSR count). The molecule has 2 aromatic carbocycles. The first-order valence-electron chi connectivity index (χ1n) is 8.06. The van der Waals surface area contributed by atoms with Crippen molar-refractivity contribution in [2.45, 2.75) is 24.6 Å². The van der Waals surface area contributed by atoms with Gasteiger partial charge in [-0.25, -0.2) is 9.59 Å². The molecule has 2 N–H and O–H groups in total. The molecule has 0 amide bonds. The summed E-state index contributed by atoms with van der Waals surface area (Å²) >= 11 is 0. The minimum Gasteiger partial charge on any atom is -0.452 e. The van der Waals surface area contributed by atoms with Gasteiger partial charge in [0.25, 0.3) is 0 Å². The number of rotatable bonds is 4. The van der Waals surface area contributed by atoms with Gasteiger partial charge >= 0.3 is 11.9 Å². The first-order valence-corrected chi connectivity index (χ1v) is 8.06. The fourth-order valence-corrected chi connectivity index (χ4v) is 2.57. The van der Waals surface area contributed by atoms with Crippen molar-refractivity contribution in [3.63, 3.8) is 0 Å². The van der Waals surface area contributed by atoms with Crippen molar-refractivity contribution in [1.82, 2.24) is 0 Å². The van der Waals surface area contributed by atoms with E-state index in [0.29, 0.717) is 0 Å². The van der Waals surface area contributed by atoms with Crippen LogP contribution >= 0.6 is 0 Å². The summed E-state index contributed by atoms with van der Waals surface area (Å²) in [5.41, 5.74) is 0.529. The van der Waals surface area contributed by atoms with E-state index in [0.717, 1.165) is 0 Å². The first kappa shape index (κ1) is 18.1. The molecule has 0 aliphatic carbocycles. The molecule has 7 heteroatoms. The van der Waals surface area contributed by atoms with Crippen LogP contribution in [0.3, 0.4) is 0 Å². The second-order valence-corrected chi connectivity index (χ2v) is 5.76. The Bertz CT molecular complexity index is 681. The summed E-state index contributed by atoms with van der Waals surface area (Å²) in [7, 11) is 0. The standard InChI is InChI=1S/C19H18O7/c20-14-11-24-19(23)16(26-18(22)13-9-5-2-6-10-13)15(14)25-17(21)12-7-3-1-4-8-12/h1-10,14-16,19-20,23H,11H2/t14-,15+,16-,19-/m1/s1. The molecular weight excluding hydrogens is 340 g/mol. The van der Waals surface area contributed by atoms with Crippen LogP contribution in [-0.2, 0) is 14.2 Å². The van der Waals surface area contributed by atoms with Gasteiger partial charge in [0.1, 0.15) is 6.10 Å². The highest BCUT2D eigenvalue weighted by Gasteiger charge is 2.44. The Morgan fingerprint density at radius 1 is 0.808 bits per heavy atom. The summed E-state index contributed by atoms with van der Waals surface area (Å²) in [6.07, 6.45) is -5.41. The van der Waals surface area contributed by atoms with E-state index in [1.807, 2.05) is 0 Å². The van der Waals surface area contributed by atoms with Gasteiger partial charge in [-0.1, -0.05) is 36.4 Å². The second kappa shape index (κ2) is 8.09. The lowest BCUT2D eigenvalue weighted by molar-refractivity contribution is -0.251. The second-order valence-electron chi connectivity index (χ2n) is 5.76. The number of esters is 2. The molecular formula is C19H18O7. The fraction of sp³-hybridized carbons (Fsp3) is 0.263. The quantitative estimate of drug-likeness (QED) is 0.790. The van der Waals surface area contributed by atoms with Crippen molar-refractivity contribution in [2.75, 3.05) is 6.61 Å². The van der Waals surface area contributed by atoms with E-state index in [1.165, 1.54) is 0 Å². The molecule has 0 radical (unpaired) electrons. The fourth-order valence-electron chi connectivity index (χ4n) is 2.57. The Labute approximate surface area is 149 Å². The summed E-state index contributed by atoms with van der Waals surface area (Å²) in [4.78, 5) is 24.5. The first-order chi connectivity index (χ1) is 12.6. The molecule has 0 bridgehead atoms. The third-order valence-electron chi connectivity index (χ3n) is 3.93. The third kappa shape index (κ3) is 4.08. The summed E-state index contributed by atoms with van der Waals surface area (Å²) in [6.45, 7) is -0.257. The van der Waals surface area contributed by atoms with Gasteiger partial charge in [-0.3, -0.25) is 0 Å². The SMILES string of the molecule is O=C(O[C@@H]1[C@@H](OC(=O)c2ccccc2)[C@H](O)OC[C@H]1O)c1ccccc1. The molecule has 0 aromatic heterocycles. The van der Waals surface area contributed by atoms with E-state index in [2.05, 4.69) is 0 Å². The maximum atomic E-state index is 12.3. The molecule has 136 valence electrons. The lowest BCUT2D eigenvalue weighted by Gasteiger charge is -2.37. The molecule has 2 aromatic rings. The van der Waals surface area contributed by atoms with Crippen molar-refractivity contribution >= 4 is 11.9 Å². The monoisotopic (exact) mass is 358 g/mol. The lowest BCUT2D eigenvalue weighted by Crippen LogP contribution is -2.56. The van der Waals surface area contributed by atoms with Crippen LogP contribution in [0.15, 0.2) is 60.7 Å². The molecule has 26 heavy (non-hydrogen) atoms. The minimum atomic E-state index is -1.53. The van der Waals surface area contributed by atoms with E-state index >= 15 is 0 Å². The molecule has 1 aliphatic rings. The summed E-state index contributed by atoms with van der Waals surface area (Å²) in [6, 6.07) is 16.3. The Balaban J connectivity index is 1.76. The van der Waals surface area contributed by atoms with Crippen LogP contribution in [-0.4, -0.2) is 53.4 Å². The van der Waals surface area contributed by atoms with Crippen LogP contribution in [0.2, 0.25) is 0 Å². The number of benzene rings is 2. The Hall–Kier alpha value is -2.74. The molecule has 1 saturated heterocycles. The largest absolute Gasteiger partial charge is 0.452 e. The van der Waals surface area contributed by atoms with E-state index in [4.69, 9.17) is 14.2 Å². The number of carbonyl (C=O) groups excluding carboxylic acids is 2. The van der Waals surface area contributed by atoms with Gasteiger partial charge in [0.15, 0.2) is 18.5 Å². The smallest absolute Gasteiger partial charge is 0.338 e. The van der Waals surface area contributed by atoms with Crippen molar-refractivity contribution in [2.24, 2.45) is 0 Å². The molecule has 1 heterocycles. The Kier molecular flexibility index (Phi) is 5.62. The number of aliphatic hydroxyl groups is 2. The van der Waals surface area contributed by atoms with E-state index in [1.54, 1.807) is 60.7 Å². The molecule has 1 aliphatic heterocycles. The molecule has 0 spiro atoms. The van der Waals surface area contributed by atoms with Crippen molar-refractivity contribution < 1.29 is 34.0 Å². The van der Waals surface area contributed by atoms with Crippen LogP contribution in [0.1, 0.15) is 20.7 Å². The highest BCUT2D eigenvalue weighted by atomic mass is 16.7. The topological polar surface area (TPSA) is 102 Å². The van der Waals surface area contributed by atoms with Gasteiger partial charge in [-0.05, 0) is 24.3 Å². The zero-order chi connectivity index (χ0) is 18.5. The van der Waals surface area contributed by atoms with Gasteiger partial charge in [0.2, 0.25) is 0 Å². The molecule has 7 nitrogen and oxygen atoms in total. The number of aliphatic hydroxyl groups excluding tert-OH is 2. The highest BCUT2D eigenvalue weighted by molar-refractivity contribution is 5.90. The highest BCUT2D eigenvalue weighted by Crippen LogP contribution is 2.23. The van der Waals surface area contributed by atoms with Crippen molar-refractivity contribution in [1.29, 1.82) is 0 Å². The van der Waals surface area contributed by atoms with Gasteiger partial charge in [0.05, 0.1) is 17.7 Å². The number of hydrogen-bond donors (Lipinski definition) is 2. The molecule has 4 atom stereocenters. The predicted molar refractivity (Wildman–Crippen MR) is 89.3 cm³/mol. The molecule has 0 saturated carbocycles. The molecule has 0 unspecified atom stereocenters. The zero-order valence-corrected chi connectivity index (χ0v) is 13.7. The third-order valence-corrected chi connectivity index (χ3v) is 3.93. The van der Waals surface area contributed by atoms with Gasteiger partial charge in [0, 0.05) is 0 Å². The summed E-state index contributed by atoms with van der Waals surface area (Å²) in [5.74, 6) is -1.43. The van der Waals surface area contributed by atoms with Crippen LogP contribution < -0.4 is 0 Å². The predicted octanol–water partition coefficient (Wildman–Crippen LogP) is 1.15. The Morgan fingerprint density at radius 3 is 1.77 bits per heavy atom. The number of ether oxygens (including phenoxy) is 3. The van der Waals surface area contributed by atoms with Crippen molar-refractivity contribution in [3.05, 3.63) is 71.8 Å². The van der Waals surface area contributed by atoms with Gasteiger partial charge < -0.3 is 24.4 Å². The normalized spacial score (nSPS) is 25.3. The van der Waals surface area contributed by atoms with Crippen LogP contribution in [0.5, 0.6) is 0 Å². The van der Waals surface area contributed by atoms with Gasteiger partial charge in [-0.15, -0.1) is 0 Å². The maximum absolute atomic E-state index is 12.3. The van der Waals surface area contributed by atoms with Crippen LogP contribution in [0.4, 0.5) is 0 Å². The van der Waals surface area contributed by atoms with Crippen LogP contribution in [0, 0.1) is 0 Å². The lowest BCUT2D eigenvalue weighted by atomic mass is 10.0. The van der Waals surface area contributed by atoms with Crippen molar-refractivity contribution in [3.8, 4) is 0 Å². The summed E-state index contributed by atoms with van der Waals surface area (Å²) in [5, 5.41) is 20.2. The number of hydrogen-bond acceptors (Lipinski definition) is 7. The Morgan fingerprint density at radius 2 is 1.27 bits per heavy atom. The van der Waals surface area contributed by atoms with Crippen LogP contribution in [0.25, 0.3) is 0 Å². The van der Waals surface area contributed by atoms with E-state index < -0.39 is 36.5 Å². The average Bonchev–Trinajstić information content (AvgIpc) is 2.68. The maximum Gasteiger partial charge on any atom is 0.338 e. The number of carbonyl (C=O) groups is 2. The average molecular weight is 358 g/mol. The van der Waals surface area contributed by atoms with E-state index in [-0.39, 0.29) is 17.7 Å². The summed E-state index contributed by atoms with van der Waals surface area (Å²) < 4.78 is 15.6. The zero-order valence-electron chi connectivity index (χ0n) is 13.7.